The van der Waals surface area contributed by atoms with Crippen LogP contribution in [-0.2, 0) is 4.74 Å². The average molecular weight is 312 g/mol. The number of cyclic esters (lactones) is 2. The number of esters is 2. The van der Waals surface area contributed by atoms with Crippen molar-refractivity contribution in [2.75, 3.05) is 0 Å². The van der Waals surface area contributed by atoms with E-state index in [1.54, 1.807) is 0 Å². The number of carbonyl (C=O) groups excluding carboxylic acids is 2. The number of rotatable bonds is 0. The molecule has 0 unspecified atom stereocenters. The first kappa shape index (κ1) is 16.8. The van der Waals surface area contributed by atoms with Crippen molar-refractivity contribution < 1.29 is 24.5 Å². The molecule has 1 aromatic rings. The third kappa shape index (κ3) is 3.98. The van der Waals surface area contributed by atoms with Crippen molar-refractivity contribution in [3.05, 3.63) is 34.4 Å². The highest BCUT2D eigenvalue weighted by Crippen LogP contribution is 2.26. The van der Waals surface area contributed by atoms with E-state index in [-0.39, 0.29) is 22.3 Å². The van der Waals surface area contributed by atoms with Gasteiger partial charge in [-0.3, -0.25) is 0 Å². The van der Waals surface area contributed by atoms with Gasteiger partial charge in [0.1, 0.15) is 11.2 Å². The molecule has 23 heavy (non-hydrogen) atoms. The number of benzene rings is 1. The van der Waals surface area contributed by atoms with Gasteiger partial charge in [-0.25, -0.2) is 9.59 Å². The van der Waals surface area contributed by atoms with Gasteiger partial charge in [0.25, 0.3) is 0 Å². The van der Waals surface area contributed by atoms with Gasteiger partial charge in [0.05, 0.1) is 11.1 Å². The zero-order valence-corrected chi connectivity index (χ0v) is 13.3. The molecule has 118 valence electrons. The van der Waals surface area contributed by atoms with E-state index >= 15 is 0 Å². The Balaban J connectivity index is 2.64. The van der Waals surface area contributed by atoms with E-state index in [1.807, 2.05) is 0 Å². The molecular formula is C18H16O5. The second-order valence-corrected chi connectivity index (χ2v) is 6.21. The minimum absolute atomic E-state index is 0.0364. The third-order valence-corrected chi connectivity index (χ3v) is 2.81. The summed E-state index contributed by atoms with van der Waals surface area (Å²) in [5.74, 6) is 8.96. The van der Waals surface area contributed by atoms with Crippen LogP contribution in [0.4, 0.5) is 0 Å². The maximum atomic E-state index is 11.9. The molecule has 1 aliphatic rings. The summed E-state index contributed by atoms with van der Waals surface area (Å²) in [5, 5.41) is 19.3. The summed E-state index contributed by atoms with van der Waals surface area (Å²) < 4.78 is 4.64. The van der Waals surface area contributed by atoms with Gasteiger partial charge < -0.3 is 14.9 Å². The molecular weight excluding hydrogens is 296 g/mol. The van der Waals surface area contributed by atoms with Crippen LogP contribution in [0.2, 0.25) is 0 Å². The summed E-state index contributed by atoms with van der Waals surface area (Å²) in [7, 11) is 0. The van der Waals surface area contributed by atoms with Gasteiger partial charge >= 0.3 is 11.9 Å². The zero-order chi connectivity index (χ0) is 17.4. The molecule has 5 heteroatoms. The van der Waals surface area contributed by atoms with Crippen LogP contribution >= 0.6 is 0 Å². The van der Waals surface area contributed by atoms with Crippen LogP contribution in [0, 0.1) is 23.7 Å². The molecule has 0 fully saturated rings. The molecule has 0 atom stereocenters. The number of hydrogen-bond acceptors (Lipinski definition) is 5. The highest BCUT2D eigenvalue weighted by Gasteiger charge is 2.34. The fourth-order valence-electron chi connectivity index (χ4n) is 1.86. The van der Waals surface area contributed by atoms with Crippen LogP contribution in [0.5, 0.6) is 0 Å². The second-order valence-electron chi connectivity index (χ2n) is 6.21. The fraction of sp³-hybridized carbons (Fsp3) is 0.333. The van der Waals surface area contributed by atoms with E-state index < -0.39 is 23.1 Å². The monoisotopic (exact) mass is 312 g/mol. The Bertz CT molecular complexity index is 743. The van der Waals surface area contributed by atoms with Crippen molar-refractivity contribution >= 4 is 11.9 Å². The Labute approximate surface area is 134 Å². The van der Waals surface area contributed by atoms with Crippen molar-refractivity contribution in [2.24, 2.45) is 0 Å². The number of carbonyl (C=O) groups is 2. The van der Waals surface area contributed by atoms with Crippen LogP contribution in [0.1, 0.15) is 59.5 Å². The molecule has 1 heterocycles. The van der Waals surface area contributed by atoms with Gasteiger partial charge in [0, 0.05) is 11.1 Å². The summed E-state index contributed by atoms with van der Waals surface area (Å²) in [6.07, 6.45) is 0. The van der Waals surface area contributed by atoms with Crippen LogP contribution in [0.15, 0.2) is 12.1 Å². The maximum Gasteiger partial charge on any atom is 0.348 e. The van der Waals surface area contributed by atoms with E-state index in [4.69, 9.17) is 0 Å². The average Bonchev–Trinajstić information content (AvgIpc) is 2.69. The summed E-state index contributed by atoms with van der Waals surface area (Å²) in [6, 6.07) is 3.07. The Morgan fingerprint density at radius 1 is 0.826 bits per heavy atom. The number of ether oxygens (including phenoxy) is 1. The summed E-state index contributed by atoms with van der Waals surface area (Å²) >= 11 is 0. The second kappa shape index (κ2) is 5.55. The Hall–Kier alpha value is -2.60. The third-order valence-electron chi connectivity index (χ3n) is 2.81. The molecule has 0 amide bonds. The number of hydrogen-bond donors (Lipinski definition) is 2. The topological polar surface area (TPSA) is 83.8 Å². The standard InChI is InChI=1S/C18H16O5/c1-17(2,21)9-7-11-5-6-12(8-10-18(3,4)22)14-13(11)15(19)23-16(14)20/h5-6,21-22H,1-4H3. The Morgan fingerprint density at radius 2 is 1.17 bits per heavy atom. The summed E-state index contributed by atoms with van der Waals surface area (Å²) in [5.41, 5.74) is -1.83. The Kier molecular flexibility index (Phi) is 4.05. The van der Waals surface area contributed by atoms with Crippen molar-refractivity contribution in [3.8, 4) is 23.7 Å². The van der Waals surface area contributed by atoms with Gasteiger partial charge in [-0.2, -0.15) is 0 Å². The SMILES string of the molecule is CC(C)(O)C#Cc1ccc(C#CC(C)(C)O)c2c1C(=O)OC2=O. The molecule has 1 aromatic carbocycles. The first-order valence-electron chi connectivity index (χ1n) is 6.92. The van der Waals surface area contributed by atoms with E-state index in [0.29, 0.717) is 0 Å². The maximum absolute atomic E-state index is 11.9. The smallest absolute Gasteiger partial charge is 0.348 e. The van der Waals surface area contributed by atoms with Crippen LogP contribution in [0.25, 0.3) is 0 Å². The van der Waals surface area contributed by atoms with Crippen molar-refractivity contribution in [2.45, 2.75) is 38.9 Å². The molecule has 0 spiro atoms. The minimum Gasteiger partial charge on any atom is -0.386 e. The van der Waals surface area contributed by atoms with E-state index in [2.05, 4.69) is 28.4 Å². The van der Waals surface area contributed by atoms with E-state index in [0.717, 1.165) is 0 Å². The quantitative estimate of drug-likeness (QED) is 0.428. The lowest BCUT2D eigenvalue weighted by atomic mass is 9.96. The minimum atomic E-state index is -1.24. The number of fused-ring (bicyclic) bond motifs is 1. The van der Waals surface area contributed by atoms with Gasteiger partial charge in [0.15, 0.2) is 0 Å². The summed E-state index contributed by atoms with van der Waals surface area (Å²) in [6.45, 7) is 6.03. The summed E-state index contributed by atoms with van der Waals surface area (Å²) in [4.78, 5) is 23.8. The fourth-order valence-corrected chi connectivity index (χ4v) is 1.86. The molecule has 0 saturated heterocycles. The first-order valence-corrected chi connectivity index (χ1v) is 6.92. The van der Waals surface area contributed by atoms with Crippen LogP contribution in [-0.4, -0.2) is 33.4 Å². The van der Waals surface area contributed by atoms with Crippen LogP contribution < -0.4 is 0 Å². The van der Waals surface area contributed by atoms with Crippen LogP contribution in [0.3, 0.4) is 0 Å². The van der Waals surface area contributed by atoms with Crippen molar-refractivity contribution in [1.82, 2.24) is 0 Å². The highest BCUT2D eigenvalue weighted by atomic mass is 16.6. The van der Waals surface area contributed by atoms with Gasteiger partial charge in [-0.05, 0) is 39.8 Å². The molecule has 5 nitrogen and oxygen atoms in total. The lowest BCUT2D eigenvalue weighted by Crippen LogP contribution is -2.15. The van der Waals surface area contributed by atoms with Gasteiger partial charge in [-0.1, -0.05) is 23.7 Å². The predicted molar refractivity (Wildman–Crippen MR) is 82.5 cm³/mol. The Morgan fingerprint density at radius 3 is 1.48 bits per heavy atom. The molecule has 0 bridgehead atoms. The normalized spacial score (nSPS) is 13.5. The molecule has 2 N–H and O–H groups in total. The van der Waals surface area contributed by atoms with Crippen molar-refractivity contribution in [3.63, 3.8) is 0 Å². The molecule has 1 aliphatic heterocycles. The lowest BCUT2D eigenvalue weighted by molar-refractivity contribution is 0.0443. The molecule has 0 aliphatic carbocycles. The van der Waals surface area contributed by atoms with E-state index in [9.17, 15) is 19.8 Å². The zero-order valence-electron chi connectivity index (χ0n) is 13.3. The molecule has 2 rings (SSSR count). The first-order chi connectivity index (χ1) is 10.5. The molecule has 0 radical (unpaired) electrons. The van der Waals surface area contributed by atoms with Crippen molar-refractivity contribution in [1.29, 1.82) is 0 Å². The lowest BCUT2D eigenvalue weighted by Gasteiger charge is -2.07. The number of aliphatic hydroxyl groups is 2. The molecule has 0 saturated carbocycles. The van der Waals surface area contributed by atoms with E-state index in [1.165, 1.54) is 39.8 Å². The molecule has 0 aromatic heterocycles. The highest BCUT2D eigenvalue weighted by molar-refractivity contribution is 6.17. The van der Waals surface area contributed by atoms with Gasteiger partial charge in [-0.15, -0.1) is 0 Å². The van der Waals surface area contributed by atoms with Gasteiger partial charge in [0.2, 0.25) is 0 Å². The largest absolute Gasteiger partial charge is 0.386 e. The predicted octanol–water partition coefficient (Wildman–Crippen LogP) is 1.24.